The molecule has 0 spiro atoms. The first-order chi connectivity index (χ1) is 18.0. The van der Waals surface area contributed by atoms with Crippen molar-refractivity contribution in [2.45, 2.75) is 46.6 Å². The van der Waals surface area contributed by atoms with Crippen molar-refractivity contribution in [2.24, 2.45) is 5.41 Å². The van der Waals surface area contributed by atoms with Crippen LogP contribution in [0.2, 0.25) is 0 Å². The molecule has 0 aliphatic rings. The zero-order chi connectivity index (χ0) is 30.1. The van der Waals surface area contributed by atoms with Gasteiger partial charge in [0.15, 0.2) is 0 Å². The number of carbonyl (C=O) groups excluding carboxylic acids is 2. The Labute approximate surface area is 230 Å². The van der Waals surface area contributed by atoms with Crippen LogP contribution in [0.5, 0.6) is 0 Å². The minimum Gasteiger partial charge on any atom is -0.480 e. The smallest absolute Gasteiger partial charge is 0.317 e. The molecule has 1 amide bonds. The van der Waals surface area contributed by atoms with Gasteiger partial charge < -0.3 is 36.0 Å². The average Bonchev–Trinajstić information content (AvgIpc) is 2.80. The third-order valence-electron chi connectivity index (χ3n) is 6.05. The summed E-state index contributed by atoms with van der Waals surface area (Å²) in [4.78, 5) is 60.1. The fourth-order valence-corrected chi connectivity index (χ4v) is 3.19. The Kier molecular flexibility index (Phi) is 17.3. The summed E-state index contributed by atoms with van der Waals surface area (Å²) < 4.78 is 5.89. The molecule has 0 unspecified atom stereocenters. The van der Waals surface area contributed by atoms with E-state index in [4.69, 9.17) is 14.9 Å². The molecule has 0 bridgehead atoms. The number of carbonyl (C=O) groups is 5. The van der Waals surface area contributed by atoms with Gasteiger partial charge in [0.25, 0.3) is 0 Å². The normalized spacial score (nSPS) is 12.1. The Bertz CT molecular complexity index is 805. The molecular weight excluding hydrogens is 514 g/mol. The van der Waals surface area contributed by atoms with E-state index >= 15 is 0 Å². The quantitative estimate of drug-likeness (QED) is 0.0781. The van der Waals surface area contributed by atoms with E-state index in [1.54, 1.807) is 9.80 Å². The summed E-state index contributed by atoms with van der Waals surface area (Å²) in [5.74, 6) is -3.27. The van der Waals surface area contributed by atoms with E-state index in [1.807, 2.05) is 27.7 Å². The SMILES string of the molecule is CC(=O)C(C)(C)COC(C)(C)CCNC(=O)CNCCN(CCN(CCNCC(=O)O)CC(=O)O)CC(=O)O. The van der Waals surface area contributed by atoms with E-state index in [1.165, 1.54) is 6.92 Å². The van der Waals surface area contributed by atoms with Gasteiger partial charge in [0.2, 0.25) is 5.91 Å². The molecule has 0 aromatic rings. The van der Waals surface area contributed by atoms with Crippen LogP contribution in [0.3, 0.4) is 0 Å². The summed E-state index contributed by atoms with van der Waals surface area (Å²) in [6.07, 6.45) is 0.553. The molecule has 0 radical (unpaired) electrons. The molecule has 0 saturated carbocycles. The minimum atomic E-state index is -1.04. The van der Waals surface area contributed by atoms with Crippen LogP contribution in [0.4, 0.5) is 0 Å². The van der Waals surface area contributed by atoms with Gasteiger partial charge in [-0.3, -0.25) is 33.8 Å². The van der Waals surface area contributed by atoms with Crippen molar-refractivity contribution in [3.63, 3.8) is 0 Å². The molecule has 0 aliphatic carbocycles. The van der Waals surface area contributed by atoms with Gasteiger partial charge in [0.1, 0.15) is 5.78 Å². The highest BCUT2D eigenvalue weighted by Crippen LogP contribution is 2.22. The van der Waals surface area contributed by atoms with Crippen LogP contribution in [-0.4, -0.2) is 139 Å². The highest BCUT2D eigenvalue weighted by molar-refractivity contribution is 5.81. The van der Waals surface area contributed by atoms with Crippen molar-refractivity contribution >= 4 is 29.6 Å². The standard InChI is InChI=1S/C25H47N5O9/c1-19(31)24(2,3)18-39-25(4,5)6-7-28-20(32)14-26-8-10-29(16-22(35)36)12-13-30(17-23(37)38)11-9-27-15-21(33)34/h26-27H,6-18H2,1-5H3,(H,28,32)(H,33,34)(H,35,36)(H,37,38). The third kappa shape index (κ3) is 20.0. The van der Waals surface area contributed by atoms with Crippen molar-refractivity contribution in [3.8, 4) is 0 Å². The van der Waals surface area contributed by atoms with E-state index < -0.39 is 28.9 Å². The average molecular weight is 562 g/mol. The Morgan fingerprint density at radius 3 is 1.64 bits per heavy atom. The van der Waals surface area contributed by atoms with Crippen LogP contribution in [0.1, 0.15) is 41.0 Å². The minimum absolute atomic E-state index is 0.0416. The molecule has 0 aliphatic heterocycles. The second kappa shape index (κ2) is 18.6. The summed E-state index contributed by atoms with van der Waals surface area (Å²) in [6.45, 7) is 10.7. The monoisotopic (exact) mass is 561 g/mol. The molecule has 39 heavy (non-hydrogen) atoms. The van der Waals surface area contributed by atoms with Crippen molar-refractivity contribution in [2.75, 3.05) is 78.6 Å². The van der Waals surface area contributed by atoms with Gasteiger partial charge in [-0.15, -0.1) is 0 Å². The van der Waals surface area contributed by atoms with Crippen molar-refractivity contribution in [1.82, 2.24) is 25.8 Å². The lowest BCUT2D eigenvalue weighted by Crippen LogP contribution is -2.45. The van der Waals surface area contributed by atoms with Gasteiger partial charge in [-0.25, -0.2) is 0 Å². The van der Waals surface area contributed by atoms with Crippen LogP contribution in [0.15, 0.2) is 0 Å². The molecule has 0 rings (SSSR count). The number of amides is 1. The third-order valence-corrected chi connectivity index (χ3v) is 6.05. The van der Waals surface area contributed by atoms with Crippen LogP contribution >= 0.6 is 0 Å². The van der Waals surface area contributed by atoms with Crippen LogP contribution in [0, 0.1) is 5.41 Å². The highest BCUT2D eigenvalue weighted by Gasteiger charge is 2.28. The Balaban J connectivity index is 4.45. The van der Waals surface area contributed by atoms with Gasteiger partial charge in [-0.2, -0.15) is 0 Å². The van der Waals surface area contributed by atoms with Gasteiger partial charge in [0, 0.05) is 51.2 Å². The fraction of sp³-hybridized carbons (Fsp3) is 0.800. The molecule has 6 N–H and O–H groups in total. The van der Waals surface area contributed by atoms with E-state index in [-0.39, 0.29) is 70.7 Å². The van der Waals surface area contributed by atoms with Gasteiger partial charge in [-0.1, -0.05) is 13.8 Å². The number of ether oxygens (including phenoxy) is 1. The summed E-state index contributed by atoms with van der Waals surface area (Å²) in [5.41, 5.74) is -1.10. The lowest BCUT2D eigenvalue weighted by atomic mass is 9.90. The summed E-state index contributed by atoms with van der Waals surface area (Å²) in [7, 11) is 0. The number of hydrogen-bond donors (Lipinski definition) is 6. The zero-order valence-corrected chi connectivity index (χ0v) is 23.9. The second-order valence-electron chi connectivity index (χ2n) is 10.7. The Morgan fingerprint density at radius 2 is 1.21 bits per heavy atom. The van der Waals surface area contributed by atoms with Gasteiger partial charge in [-0.05, 0) is 27.2 Å². The van der Waals surface area contributed by atoms with Crippen LogP contribution < -0.4 is 16.0 Å². The molecule has 0 fully saturated rings. The highest BCUT2D eigenvalue weighted by atomic mass is 16.5. The molecule has 0 aromatic carbocycles. The molecule has 14 heteroatoms. The molecule has 226 valence electrons. The number of carboxylic acid groups (broad SMARTS) is 3. The number of nitrogens with one attached hydrogen (secondary N) is 3. The summed E-state index contributed by atoms with van der Waals surface area (Å²) in [6, 6.07) is 0. The van der Waals surface area contributed by atoms with Crippen molar-refractivity contribution in [1.29, 1.82) is 0 Å². The number of Topliss-reactive ketones (excluding diaryl/α,β-unsaturated/α-hetero) is 1. The van der Waals surface area contributed by atoms with Crippen LogP contribution in [-0.2, 0) is 28.7 Å². The van der Waals surface area contributed by atoms with Gasteiger partial charge >= 0.3 is 17.9 Å². The molecule has 0 saturated heterocycles. The van der Waals surface area contributed by atoms with E-state index in [9.17, 15) is 29.1 Å². The van der Waals surface area contributed by atoms with E-state index in [0.29, 0.717) is 26.1 Å². The van der Waals surface area contributed by atoms with E-state index in [2.05, 4.69) is 16.0 Å². The maximum absolute atomic E-state index is 12.2. The lowest BCUT2D eigenvalue weighted by Gasteiger charge is -2.30. The predicted octanol–water partition coefficient (Wildman–Crippen LogP) is -1.06. The lowest BCUT2D eigenvalue weighted by molar-refractivity contribution is -0.140. The largest absolute Gasteiger partial charge is 0.480 e. The van der Waals surface area contributed by atoms with Gasteiger partial charge in [0.05, 0.1) is 38.4 Å². The Morgan fingerprint density at radius 1 is 0.718 bits per heavy atom. The summed E-state index contributed by atoms with van der Waals surface area (Å²) in [5, 5.41) is 35.5. The first-order valence-electron chi connectivity index (χ1n) is 13.0. The van der Waals surface area contributed by atoms with Crippen LogP contribution in [0.25, 0.3) is 0 Å². The number of nitrogens with zero attached hydrogens (tertiary/aromatic N) is 2. The number of ketones is 1. The van der Waals surface area contributed by atoms with E-state index in [0.717, 1.165) is 0 Å². The number of rotatable bonds is 24. The first-order valence-corrected chi connectivity index (χ1v) is 13.0. The maximum Gasteiger partial charge on any atom is 0.317 e. The zero-order valence-electron chi connectivity index (χ0n) is 23.9. The molecule has 14 nitrogen and oxygen atoms in total. The molecule has 0 atom stereocenters. The number of hydrogen-bond acceptors (Lipinski definition) is 10. The molecule has 0 aromatic heterocycles. The fourth-order valence-electron chi connectivity index (χ4n) is 3.19. The Hall–Kier alpha value is -2.65. The van der Waals surface area contributed by atoms with Crippen molar-refractivity contribution in [3.05, 3.63) is 0 Å². The maximum atomic E-state index is 12.2. The molecule has 0 heterocycles. The summed E-state index contributed by atoms with van der Waals surface area (Å²) >= 11 is 0. The van der Waals surface area contributed by atoms with Crippen molar-refractivity contribution < 1.29 is 44.0 Å². The topological polar surface area (TPSA) is 198 Å². The first kappa shape index (κ1) is 36.4. The second-order valence-corrected chi connectivity index (χ2v) is 10.7. The molecular formula is C25H47N5O9. The number of carboxylic acids is 3. The predicted molar refractivity (Wildman–Crippen MR) is 144 cm³/mol. The number of aliphatic carboxylic acids is 3.